The van der Waals surface area contributed by atoms with Gasteiger partial charge in [-0.3, -0.25) is 9.36 Å². The quantitative estimate of drug-likeness (QED) is 0.495. The Bertz CT molecular complexity index is 1320. The van der Waals surface area contributed by atoms with Crippen LogP contribution in [0.5, 0.6) is 5.75 Å². The molecule has 0 saturated carbocycles. The summed E-state index contributed by atoms with van der Waals surface area (Å²) in [7, 11) is 1.61. The van der Waals surface area contributed by atoms with Gasteiger partial charge in [-0.15, -0.1) is 0 Å². The Morgan fingerprint density at radius 2 is 1.94 bits per heavy atom. The van der Waals surface area contributed by atoms with E-state index in [0.29, 0.717) is 23.3 Å². The van der Waals surface area contributed by atoms with E-state index in [1.54, 1.807) is 43.7 Å². The number of rotatable bonds is 5. The Kier molecular flexibility index (Phi) is 4.66. The number of hydrogen-bond donors (Lipinski definition) is 0. The molecule has 3 heterocycles. The zero-order valence-corrected chi connectivity index (χ0v) is 16.7. The average molecular weight is 417 g/mol. The van der Waals surface area contributed by atoms with Gasteiger partial charge in [0.2, 0.25) is 0 Å². The van der Waals surface area contributed by atoms with Crippen molar-refractivity contribution in [2.45, 2.75) is 19.0 Å². The van der Waals surface area contributed by atoms with Gasteiger partial charge in [0, 0.05) is 6.42 Å². The van der Waals surface area contributed by atoms with E-state index in [2.05, 4.69) is 5.10 Å². The van der Waals surface area contributed by atoms with Crippen LogP contribution >= 0.6 is 0 Å². The fourth-order valence-corrected chi connectivity index (χ4v) is 3.77. The number of aromatic nitrogens is 1. The number of methoxy groups -OCH3 is 1. The van der Waals surface area contributed by atoms with E-state index in [4.69, 9.17) is 13.6 Å². The van der Waals surface area contributed by atoms with Crippen molar-refractivity contribution in [3.05, 3.63) is 88.8 Å². The SMILES string of the molecule is COc1ccc(C2=NN(C(=O)Cn3c(=O)oc4ccccc43)[C@H](c3ccco3)C2)cc1. The lowest BCUT2D eigenvalue weighted by Gasteiger charge is -2.19. The molecular weight excluding hydrogens is 398 g/mol. The largest absolute Gasteiger partial charge is 0.497 e. The van der Waals surface area contributed by atoms with Crippen molar-refractivity contribution in [1.82, 2.24) is 9.58 Å². The first-order chi connectivity index (χ1) is 15.1. The Labute approximate surface area is 176 Å². The number of furan rings is 1. The first kappa shape index (κ1) is 18.9. The number of carbonyl (C=O) groups is 1. The molecule has 1 amide bonds. The van der Waals surface area contributed by atoms with Crippen molar-refractivity contribution in [3.63, 3.8) is 0 Å². The Morgan fingerprint density at radius 3 is 2.68 bits per heavy atom. The predicted molar refractivity (Wildman–Crippen MR) is 113 cm³/mol. The van der Waals surface area contributed by atoms with Gasteiger partial charge in [-0.05, 0) is 54.1 Å². The van der Waals surface area contributed by atoms with Gasteiger partial charge in [-0.1, -0.05) is 12.1 Å². The number of ether oxygens (including phenoxy) is 1. The maximum absolute atomic E-state index is 13.2. The van der Waals surface area contributed by atoms with Crippen molar-refractivity contribution in [2.75, 3.05) is 7.11 Å². The van der Waals surface area contributed by atoms with Crippen LogP contribution in [-0.2, 0) is 11.3 Å². The fourth-order valence-electron chi connectivity index (χ4n) is 3.77. The number of hydrazone groups is 1. The summed E-state index contributed by atoms with van der Waals surface area (Å²) >= 11 is 0. The van der Waals surface area contributed by atoms with Gasteiger partial charge in [0.15, 0.2) is 5.58 Å². The first-order valence-electron chi connectivity index (χ1n) is 9.80. The molecule has 0 aliphatic carbocycles. The summed E-state index contributed by atoms with van der Waals surface area (Å²) in [5.41, 5.74) is 2.64. The number of oxazole rings is 1. The molecule has 0 N–H and O–H groups in total. The van der Waals surface area contributed by atoms with E-state index in [-0.39, 0.29) is 12.5 Å². The van der Waals surface area contributed by atoms with Crippen LogP contribution in [0, 0.1) is 0 Å². The molecule has 31 heavy (non-hydrogen) atoms. The number of hydrogen-bond acceptors (Lipinski definition) is 6. The van der Waals surface area contributed by atoms with Crippen molar-refractivity contribution in [2.24, 2.45) is 5.10 Å². The number of para-hydroxylation sites is 2. The third-order valence-corrected chi connectivity index (χ3v) is 5.33. The van der Waals surface area contributed by atoms with Crippen LogP contribution in [0.3, 0.4) is 0 Å². The van der Waals surface area contributed by atoms with Crippen molar-refractivity contribution >= 4 is 22.7 Å². The minimum absolute atomic E-state index is 0.188. The molecule has 1 aliphatic rings. The minimum Gasteiger partial charge on any atom is -0.497 e. The molecule has 5 rings (SSSR count). The van der Waals surface area contributed by atoms with Crippen LogP contribution in [-0.4, -0.2) is 28.3 Å². The monoisotopic (exact) mass is 417 g/mol. The van der Waals surface area contributed by atoms with E-state index >= 15 is 0 Å². The highest BCUT2D eigenvalue weighted by atomic mass is 16.5. The summed E-state index contributed by atoms with van der Waals surface area (Å²) in [6.07, 6.45) is 2.06. The number of amides is 1. The minimum atomic E-state index is -0.581. The molecule has 1 atom stereocenters. The molecule has 0 bridgehead atoms. The van der Waals surface area contributed by atoms with Crippen molar-refractivity contribution < 1.29 is 18.4 Å². The molecule has 0 radical (unpaired) electrons. The second kappa shape index (κ2) is 7.64. The van der Waals surface area contributed by atoms with Crippen LogP contribution in [0.15, 0.2) is 85.7 Å². The van der Waals surface area contributed by atoms with Gasteiger partial charge in [-0.2, -0.15) is 5.10 Å². The summed E-state index contributed by atoms with van der Waals surface area (Å²) in [5, 5.41) is 5.99. The molecule has 4 aromatic rings. The second-order valence-electron chi connectivity index (χ2n) is 7.17. The molecular formula is C23H19N3O5. The van der Waals surface area contributed by atoms with E-state index in [0.717, 1.165) is 17.0 Å². The molecule has 156 valence electrons. The summed E-state index contributed by atoms with van der Waals surface area (Å²) in [6, 6.07) is 17.7. The van der Waals surface area contributed by atoms with Crippen LogP contribution in [0.2, 0.25) is 0 Å². The van der Waals surface area contributed by atoms with Gasteiger partial charge >= 0.3 is 5.76 Å². The Morgan fingerprint density at radius 1 is 1.13 bits per heavy atom. The smallest absolute Gasteiger partial charge is 0.420 e. The zero-order chi connectivity index (χ0) is 21.4. The van der Waals surface area contributed by atoms with Crippen LogP contribution < -0.4 is 10.5 Å². The number of carbonyl (C=O) groups excluding carboxylic acids is 1. The molecule has 2 aromatic carbocycles. The van der Waals surface area contributed by atoms with Crippen LogP contribution in [0.25, 0.3) is 11.1 Å². The molecule has 8 nitrogen and oxygen atoms in total. The molecule has 0 unspecified atom stereocenters. The van der Waals surface area contributed by atoms with E-state index in [1.807, 2.05) is 30.3 Å². The summed E-state index contributed by atoms with van der Waals surface area (Å²) in [6.45, 7) is -0.188. The molecule has 0 spiro atoms. The third kappa shape index (κ3) is 3.42. The molecule has 8 heteroatoms. The van der Waals surface area contributed by atoms with Gasteiger partial charge in [0.05, 0.1) is 24.6 Å². The molecule has 0 saturated heterocycles. The maximum atomic E-state index is 13.2. The van der Waals surface area contributed by atoms with Crippen molar-refractivity contribution in [3.8, 4) is 5.75 Å². The second-order valence-corrected chi connectivity index (χ2v) is 7.17. The number of benzene rings is 2. The van der Waals surface area contributed by atoms with Gasteiger partial charge in [0.1, 0.15) is 24.1 Å². The number of fused-ring (bicyclic) bond motifs is 1. The normalized spacial score (nSPS) is 16.0. The van der Waals surface area contributed by atoms with Crippen LogP contribution in [0.1, 0.15) is 23.8 Å². The van der Waals surface area contributed by atoms with Gasteiger partial charge < -0.3 is 13.6 Å². The van der Waals surface area contributed by atoms with Crippen LogP contribution in [0.4, 0.5) is 0 Å². The van der Waals surface area contributed by atoms with E-state index in [9.17, 15) is 9.59 Å². The summed E-state index contributed by atoms with van der Waals surface area (Å²) < 4.78 is 17.4. The topological polar surface area (TPSA) is 90.2 Å². The highest BCUT2D eigenvalue weighted by Gasteiger charge is 2.35. The molecule has 2 aromatic heterocycles. The van der Waals surface area contributed by atoms with Crippen molar-refractivity contribution in [1.29, 1.82) is 0 Å². The summed E-state index contributed by atoms with van der Waals surface area (Å²) in [4.78, 5) is 25.6. The highest BCUT2D eigenvalue weighted by molar-refractivity contribution is 6.03. The molecule has 0 fully saturated rings. The standard InChI is InChI=1S/C23H19N3O5/c1-29-16-10-8-15(9-11-16)17-13-19(20-7-4-12-30-20)26(24-17)22(27)14-25-18-5-2-3-6-21(18)31-23(25)28/h2-12,19H,13-14H2,1H3/t19-/m0/s1. The lowest BCUT2D eigenvalue weighted by molar-refractivity contribution is -0.134. The Hall–Kier alpha value is -4.07. The lowest BCUT2D eigenvalue weighted by atomic mass is 10.0. The third-order valence-electron chi connectivity index (χ3n) is 5.33. The fraction of sp³-hybridized carbons (Fsp3) is 0.174. The summed E-state index contributed by atoms with van der Waals surface area (Å²) in [5.74, 6) is 0.454. The maximum Gasteiger partial charge on any atom is 0.420 e. The van der Waals surface area contributed by atoms with Gasteiger partial charge in [-0.25, -0.2) is 9.80 Å². The predicted octanol–water partition coefficient (Wildman–Crippen LogP) is 3.57. The lowest BCUT2D eigenvalue weighted by Crippen LogP contribution is -2.32. The first-order valence-corrected chi connectivity index (χ1v) is 9.80. The van der Waals surface area contributed by atoms with E-state index in [1.165, 1.54) is 9.58 Å². The van der Waals surface area contributed by atoms with Gasteiger partial charge in [0.25, 0.3) is 5.91 Å². The zero-order valence-electron chi connectivity index (χ0n) is 16.7. The molecule has 1 aliphatic heterocycles. The van der Waals surface area contributed by atoms with E-state index < -0.39 is 11.8 Å². The number of nitrogens with zero attached hydrogens (tertiary/aromatic N) is 3. The highest BCUT2D eigenvalue weighted by Crippen LogP contribution is 2.33. The Balaban J connectivity index is 1.48. The average Bonchev–Trinajstić information content (AvgIpc) is 3.53.